The monoisotopic (exact) mass is 350 g/mol. The van der Waals surface area contributed by atoms with Crippen molar-refractivity contribution in [1.29, 1.82) is 0 Å². The van der Waals surface area contributed by atoms with Crippen molar-refractivity contribution in [1.82, 2.24) is 20.0 Å². The van der Waals surface area contributed by atoms with Crippen LogP contribution < -0.4 is 5.32 Å². The van der Waals surface area contributed by atoms with Crippen molar-refractivity contribution in [2.45, 2.75) is 57.0 Å². The van der Waals surface area contributed by atoms with Gasteiger partial charge in [0.05, 0.1) is 0 Å². The molecule has 3 rings (SSSR count). The largest absolute Gasteiger partial charge is 0.344 e. The highest BCUT2D eigenvalue weighted by atomic mass is 16.2. The lowest BCUT2D eigenvalue weighted by molar-refractivity contribution is -0.142. The van der Waals surface area contributed by atoms with Crippen LogP contribution >= 0.6 is 0 Å². The molecule has 2 atom stereocenters. The summed E-state index contributed by atoms with van der Waals surface area (Å²) in [7, 11) is 3.98. The van der Waals surface area contributed by atoms with E-state index in [1.54, 1.807) is 0 Å². The molecule has 0 aromatic heterocycles. The van der Waals surface area contributed by atoms with Gasteiger partial charge in [-0.3, -0.25) is 9.59 Å². The third kappa shape index (κ3) is 4.94. The van der Waals surface area contributed by atoms with Crippen LogP contribution in [0.15, 0.2) is 0 Å². The normalized spacial score (nSPS) is 30.4. The zero-order valence-corrected chi connectivity index (χ0v) is 15.9. The Hall–Kier alpha value is -1.14. The smallest absolute Gasteiger partial charge is 0.226 e. The summed E-state index contributed by atoms with van der Waals surface area (Å²) in [4.78, 5) is 31.6. The van der Waals surface area contributed by atoms with Crippen LogP contribution in [-0.2, 0) is 9.59 Å². The Balaban J connectivity index is 1.58. The van der Waals surface area contributed by atoms with Gasteiger partial charge in [-0.2, -0.15) is 0 Å². The number of nitrogens with one attached hydrogen (secondary N) is 1. The number of rotatable bonds is 3. The van der Waals surface area contributed by atoms with E-state index >= 15 is 0 Å². The maximum Gasteiger partial charge on any atom is 0.226 e. The Kier molecular flexibility index (Phi) is 6.34. The van der Waals surface area contributed by atoms with E-state index in [4.69, 9.17) is 0 Å². The molecule has 0 radical (unpaired) electrons. The molecule has 2 heterocycles. The van der Waals surface area contributed by atoms with Gasteiger partial charge in [-0.05, 0) is 32.7 Å². The molecule has 2 aliphatic heterocycles. The third-order valence-electron chi connectivity index (χ3n) is 6.19. The minimum Gasteiger partial charge on any atom is -0.344 e. The molecular weight excluding hydrogens is 316 g/mol. The molecule has 0 aromatic rings. The van der Waals surface area contributed by atoms with Crippen molar-refractivity contribution in [2.75, 3.05) is 46.8 Å². The van der Waals surface area contributed by atoms with Crippen LogP contribution in [0.4, 0.5) is 0 Å². The maximum atomic E-state index is 12.9. The summed E-state index contributed by atoms with van der Waals surface area (Å²) in [6, 6.07) is 1.01. The summed E-state index contributed by atoms with van der Waals surface area (Å²) in [5.74, 6) is 0.177. The van der Waals surface area contributed by atoms with E-state index in [0.29, 0.717) is 18.5 Å². The molecule has 3 fully saturated rings. The highest BCUT2D eigenvalue weighted by Crippen LogP contribution is 2.24. The summed E-state index contributed by atoms with van der Waals surface area (Å²) in [5.41, 5.74) is 0. The maximum absolute atomic E-state index is 12.9. The first-order chi connectivity index (χ1) is 12.0. The van der Waals surface area contributed by atoms with Gasteiger partial charge >= 0.3 is 0 Å². The number of likely N-dealkylation sites (N-methyl/N-ethyl adjacent to an activating group) is 2. The Morgan fingerprint density at radius 2 is 1.60 bits per heavy atom. The molecule has 1 saturated carbocycles. The van der Waals surface area contributed by atoms with Crippen LogP contribution in [0, 0.1) is 5.92 Å². The molecule has 25 heavy (non-hydrogen) atoms. The van der Waals surface area contributed by atoms with Gasteiger partial charge in [0, 0.05) is 64.2 Å². The molecule has 6 heteroatoms. The van der Waals surface area contributed by atoms with Gasteiger partial charge in [0.15, 0.2) is 0 Å². The number of nitrogens with zero attached hydrogens (tertiary/aromatic N) is 3. The summed E-state index contributed by atoms with van der Waals surface area (Å²) in [6.45, 7) is 4.22. The molecule has 1 N–H and O–H groups in total. The highest BCUT2D eigenvalue weighted by molar-refractivity contribution is 5.86. The van der Waals surface area contributed by atoms with Crippen LogP contribution in [0.2, 0.25) is 0 Å². The zero-order valence-electron chi connectivity index (χ0n) is 15.9. The average molecular weight is 351 g/mol. The van der Waals surface area contributed by atoms with Gasteiger partial charge in [-0.1, -0.05) is 12.8 Å². The van der Waals surface area contributed by atoms with E-state index in [9.17, 15) is 9.59 Å². The van der Waals surface area contributed by atoms with Crippen molar-refractivity contribution in [3.05, 3.63) is 0 Å². The highest BCUT2D eigenvalue weighted by Gasteiger charge is 2.31. The second-order valence-corrected chi connectivity index (χ2v) is 8.23. The molecule has 0 unspecified atom stereocenters. The van der Waals surface area contributed by atoms with Gasteiger partial charge < -0.3 is 20.0 Å². The second-order valence-electron chi connectivity index (χ2n) is 8.23. The van der Waals surface area contributed by atoms with Crippen LogP contribution in [-0.4, -0.2) is 85.4 Å². The second kappa shape index (κ2) is 8.49. The number of amides is 2. The minimum atomic E-state index is -0.138. The number of piperazine rings is 1. The van der Waals surface area contributed by atoms with Gasteiger partial charge in [0.25, 0.3) is 0 Å². The van der Waals surface area contributed by atoms with Crippen molar-refractivity contribution in [2.24, 2.45) is 5.92 Å². The first kappa shape index (κ1) is 18.6. The van der Waals surface area contributed by atoms with Crippen molar-refractivity contribution in [3.8, 4) is 0 Å². The fourth-order valence-corrected chi connectivity index (χ4v) is 4.14. The molecule has 2 amide bonds. The molecule has 0 aromatic carbocycles. The van der Waals surface area contributed by atoms with E-state index in [1.165, 1.54) is 19.3 Å². The molecule has 0 spiro atoms. The van der Waals surface area contributed by atoms with Crippen molar-refractivity contribution in [3.63, 3.8) is 0 Å². The minimum absolute atomic E-state index is 0.120. The summed E-state index contributed by atoms with van der Waals surface area (Å²) in [6.07, 6.45) is 7.14. The standard InChI is InChI=1S/C19H34N4O2/c1-21-9-11-23(12-10-21)19(25)15-5-3-8-17(20-16-6-4-7-16)14-22(2)18(24)13-15/h15-17,20H,3-14H2,1-2H3/t15-,17-/m1/s1. The molecule has 1 aliphatic carbocycles. The fourth-order valence-electron chi connectivity index (χ4n) is 4.14. The molecule has 6 nitrogen and oxygen atoms in total. The first-order valence-corrected chi connectivity index (χ1v) is 10.0. The lowest BCUT2D eigenvalue weighted by Gasteiger charge is -2.34. The SMILES string of the molecule is CN1CCN(C(=O)[C@@H]2CCC[C@@H](NC3CCC3)CN(C)C(=O)C2)CC1. The summed E-state index contributed by atoms with van der Waals surface area (Å²) < 4.78 is 0. The summed E-state index contributed by atoms with van der Waals surface area (Å²) >= 11 is 0. The topological polar surface area (TPSA) is 55.9 Å². The Bertz CT molecular complexity index is 472. The van der Waals surface area contributed by atoms with E-state index in [2.05, 4.69) is 17.3 Å². The quantitative estimate of drug-likeness (QED) is 0.822. The van der Waals surface area contributed by atoms with E-state index in [0.717, 1.165) is 52.0 Å². The zero-order chi connectivity index (χ0) is 17.8. The van der Waals surface area contributed by atoms with E-state index in [-0.39, 0.29) is 17.7 Å². The number of carbonyl (C=O) groups is 2. The molecule has 3 aliphatic rings. The number of carbonyl (C=O) groups excluding carboxylic acids is 2. The van der Waals surface area contributed by atoms with Gasteiger partial charge in [-0.25, -0.2) is 0 Å². The van der Waals surface area contributed by atoms with Crippen LogP contribution in [0.3, 0.4) is 0 Å². The van der Waals surface area contributed by atoms with Crippen LogP contribution in [0.1, 0.15) is 44.9 Å². The van der Waals surface area contributed by atoms with Gasteiger partial charge in [0.1, 0.15) is 0 Å². The van der Waals surface area contributed by atoms with Gasteiger partial charge in [-0.15, -0.1) is 0 Å². The Labute approximate surface area is 151 Å². The lowest BCUT2D eigenvalue weighted by atomic mass is 9.91. The third-order valence-corrected chi connectivity index (χ3v) is 6.19. The fraction of sp³-hybridized carbons (Fsp3) is 0.895. The molecular formula is C19H34N4O2. The number of hydrogen-bond acceptors (Lipinski definition) is 4. The summed E-state index contributed by atoms with van der Waals surface area (Å²) in [5, 5.41) is 3.72. The van der Waals surface area contributed by atoms with Crippen molar-refractivity contribution < 1.29 is 9.59 Å². The Morgan fingerprint density at radius 3 is 2.24 bits per heavy atom. The first-order valence-electron chi connectivity index (χ1n) is 10.0. The predicted molar refractivity (Wildman–Crippen MR) is 98.2 cm³/mol. The lowest BCUT2D eigenvalue weighted by Crippen LogP contribution is -2.49. The molecule has 2 saturated heterocycles. The number of hydrogen-bond donors (Lipinski definition) is 1. The van der Waals surface area contributed by atoms with Gasteiger partial charge in [0.2, 0.25) is 11.8 Å². The molecule has 142 valence electrons. The van der Waals surface area contributed by atoms with Crippen molar-refractivity contribution >= 4 is 11.8 Å². The average Bonchev–Trinajstić information content (AvgIpc) is 2.62. The van der Waals surface area contributed by atoms with Crippen LogP contribution in [0.5, 0.6) is 0 Å². The van der Waals surface area contributed by atoms with E-state index in [1.807, 2.05) is 16.8 Å². The van der Waals surface area contributed by atoms with Crippen LogP contribution in [0.25, 0.3) is 0 Å². The van der Waals surface area contributed by atoms with E-state index < -0.39 is 0 Å². The predicted octanol–water partition coefficient (Wildman–Crippen LogP) is 0.920. The molecule has 0 bridgehead atoms. The Morgan fingerprint density at radius 1 is 0.960 bits per heavy atom.